The van der Waals surface area contributed by atoms with Crippen LogP contribution in [0.25, 0.3) is 0 Å². The maximum atomic E-state index is 13.4. The van der Waals surface area contributed by atoms with Gasteiger partial charge in [0.15, 0.2) is 0 Å². The van der Waals surface area contributed by atoms with Gasteiger partial charge >= 0.3 is 0 Å². The molecule has 0 nitrogen and oxygen atoms in total. The molecule has 1 aromatic rings. The standard InChI is InChI=1S/C23H35F/c1-2-3-4-6-18-9-11-19(12-10-18)20-13-15-21(16-14-20)22-7-5-8-23(24)17-22/h5,7-8,17-21H,2-4,6,9-16H2,1H3/t18?,19?,20-,21-. The third kappa shape index (κ3) is 4.83. The van der Waals surface area contributed by atoms with Crippen LogP contribution in [0.5, 0.6) is 0 Å². The van der Waals surface area contributed by atoms with Gasteiger partial charge in [0.2, 0.25) is 0 Å². The Hall–Kier alpha value is -0.850. The first kappa shape index (κ1) is 18.0. The zero-order chi connectivity index (χ0) is 16.8. The molecule has 2 saturated carbocycles. The van der Waals surface area contributed by atoms with Crippen molar-refractivity contribution in [3.63, 3.8) is 0 Å². The van der Waals surface area contributed by atoms with Crippen molar-refractivity contribution >= 4 is 0 Å². The fourth-order valence-electron chi connectivity index (χ4n) is 5.32. The Bertz CT molecular complexity index is 479. The van der Waals surface area contributed by atoms with Crippen molar-refractivity contribution in [1.82, 2.24) is 0 Å². The monoisotopic (exact) mass is 330 g/mol. The van der Waals surface area contributed by atoms with Crippen LogP contribution in [0.1, 0.15) is 95.5 Å². The number of rotatable bonds is 6. The largest absolute Gasteiger partial charge is 0.207 e. The molecule has 0 aromatic heterocycles. The molecule has 0 N–H and O–H groups in total. The highest BCUT2D eigenvalue weighted by Crippen LogP contribution is 2.44. The molecule has 0 amide bonds. The number of hydrogen-bond acceptors (Lipinski definition) is 0. The summed E-state index contributed by atoms with van der Waals surface area (Å²) in [6.45, 7) is 2.30. The number of benzene rings is 1. The van der Waals surface area contributed by atoms with Gasteiger partial charge in [-0.2, -0.15) is 0 Å². The summed E-state index contributed by atoms with van der Waals surface area (Å²) >= 11 is 0. The van der Waals surface area contributed by atoms with Gasteiger partial charge in [0.1, 0.15) is 5.82 Å². The zero-order valence-corrected chi connectivity index (χ0v) is 15.5. The Labute approximate surface area is 148 Å². The van der Waals surface area contributed by atoms with Gasteiger partial charge in [0.25, 0.3) is 0 Å². The lowest BCUT2D eigenvalue weighted by Gasteiger charge is -2.38. The van der Waals surface area contributed by atoms with Crippen LogP contribution in [0.4, 0.5) is 4.39 Å². The molecular formula is C23H35F. The zero-order valence-electron chi connectivity index (χ0n) is 15.5. The van der Waals surface area contributed by atoms with E-state index in [-0.39, 0.29) is 5.82 Å². The molecule has 0 bridgehead atoms. The van der Waals surface area contributed by atoms with Crippen LogP contribution in [0.3, 0.4) is 0 Å². The molecule has 1 aromatic carbocycles. The van der Waals surface area contributed by atoms with Crippen LogP contribution in [0.15, 0.2) is 24.3 Å². The summed E-state index contributed by atoms with van der Waals surface area (Å²) in [5.74, 6) is 3.49. The van der Waals surface area contributed by atoms with Gasteiger partial charge in [-0.15, -0.1) is 0 Å². The normalized spacial score (nSPS) is 31.1. The van der Waals surface area contributed by atoms with Gasteiger partial charge in [0.05, 0.1) is 0 Å². The molecule has 2 aliphatic carbocycles. The van der Waals surface area contributed by atoms with Gasteiger partial charge in [-0.25, -0.2) is 4.39 Å². The van der Waals surface area contributed by atoms with Gasteiger partial charge < -0.3 is 0 Å². The Morgan fingerprint density at radius 2 is 1.54 bits per heavy atom. The summed E-state index contributed by atoms with van der Waals surface area (Å²) in [4.78, 5) is 0. The van der Waals surface area contributed by atoms with Crippen LogP contribution in [-0.2, 0) is 0 Å². The Kier molecular flexibility index (Phi) is 6.75. The van der Waals surface area contributed by atoms with E-state index in [1.54, 1.807) is 12.1 Å². The van der Waals surface area contributed by atoms with E-state index in [0.717, 1.165) is 17.8 Å². The Morgan fingerprint density at radius 3 is 2.17 bits per heavy atom. The van der Waals surface area contributed by atoms with Crippen molar-refractivity contribution in [2.45, 2.75) is 89.9 Å². The minimum absolute atomic E-state index is 0.0731. The van der Waals surface area contributed by atoms with Crippen molar-refractivity contribution in [3.05, 3.63) is 35.6 Å². The first-order chi connectivity index (χ1) is 11.8. The summed E-state index contributed by atoms with van der Waals surface area (Å²) in [6, 6.07) is 7.31. The van der Waals surface area contributed by atoms with Crippen molar-refractivity contribution < 1.29 is 4.39 Å². The topological polar surface area (TPSA) is 0 Å². The van der Waals surface area contributed by atoms with Crippen LogP contribution >= 0.6 is 0 Å². The molecule has 0 spiro atoms. The lowest BCUT2D eigenvalue weighted by Crippen LogP contribution is -2.25. The van der Waals surface area contributed by atoms with Gasteiger partial charge in [-0.3, -0.25) is 0 Å². The van der Waals surface area contributed by atoms with Crippen LogP contribution < -0.4 is 0 Å². The highest BCUT2D eigenvalue weighted by molar-refractivity contribution is 5.21. The van der Waals surface area contributed by atoms with E-state index >= 15 is 0 Å². The van der Waals surface area contributed by atoms with Crippen LogP contribution in [-0.4, -0.2) is 0 Å². The highest BCUT2D eigenvalue weighted by Gasteiger charge is 2.31. The molecule has 0 unspecified atom stereocenters. The molecular weight excluding hydrogens is 295 g/mol. The van der Waals surface area contributed by atoms with Gasteiger partial charge in [-0.1, -0.05) is 57.6 Å². The van der Waals surface area contributed by atoms with Gasteiger partial charge in [0, 0.05) is 0 Å². The maximum Gasteiger partial charge on any atom is 0.123 e. The van der Waals surface area contributed by atoms with Crippen molar-refractivity contribution in [3.8, 4) is 0 Å². The van der Waals surface area contributed by atoms with E-state index in [4.69, 9.17) is 0 Å². The Balaban J connectivity index is 1.41. The third-order valence-electron chi connectivity index (χ3n) is 6.87. The molecule has 0 radical (unpaired) electrons. The van der Waals surface area contributed by atoms with Crippen LogP contribution in [0.2, 0.25) is 0 Å². The molecule has 24 heavy (non-hydrogen) atoms. The van der Waals surface area contributed by atoms with E-state index in [1.165, 1.54) is 82.6 Å². The summed E-state index contributed by atoms with van der Waals surface area (Å²) in [5.41, 5.74) is 1.23. The number of hydrogen-bond donors (Lipinski definition) is 0. The SMILES string of the molecule is CCCCCC1CCC([C@H]2CC[C@H](c3cccc(F)c3)CC2)CC1. The summed E-state index contributed by atoms with van der Waals surface area (Å²) < 4.78 is 13.4. The second-order valence-corrected chi connectivity index (χ2v) is 8.44. The maximum absolute atomic E-state index is 13.4. The summed E-state index contributed by atoms with van der Waals surface area (Å²) in [6.07, 6.45) is 16.9. The highest BCUT2D eigenvalue weighted by atomic mass is 19.1. The second kappa shape index (κ2) is 9.02. The molecule has 0 atom stereocenters. The Morgan fingerprint density at radius 1 is 0.875 bits per heavy atom. The van der Waals surface area contributed by atoms with Crippen molar-refractivity contribution in [2.75, 3.05) is 0 Å². The van der Waals surface area contributed by atoms with E-state index in [2.05, 4.69) is 13.0 Å². The van der Waals surface area contributed by atoms with E-state index in [1.807, 2.05) is 6.07 Å². The second-order valence-electron chi connectivity index (χ2n) is 8.44. The van der Waals surface area contributed by atoms with E-state index in [0.29, 0.717) is 5.92 Å². The quantitative estimate of drug-likeness (QED) is 0.474. The van der Waals surface area contributed by atoms with Crippen molar-refractivity contribution in [2.24, 2.45) is 17.8 Å². The predicted octanol–water partition coefficient (Wildman–Crippen LogP) is 7.49. The lowest BCUT2D eigenvalue weighted by molar-refractivity contribution is 0.155. The van der Waals surface area contributed by atoms with Gasteiger partial charge in [-0.05, 0) is 79.9 Å². The number of unbranched alkanes of at least 4 members (excludes halogenated alkanes) is 2. The van der Waals surface area contributed by atoms with Crippen LogP contribution in [0, 0.1) is 23.6 Å². The molecule has 2 fully saturated rings. The first-order valence-electron chi connectivity index (χ1n) is 10.5. The molecule has 0 heterocycles. The minimum atomic E-state index is -0.0731. The molecule has 134 valence electrons. The molecule has 1 heteroatoms. The fraction of sp³-hybridized carbons (Fsp3) is 0.739. The first-order valence-corrected chi connectivity index (χ1v) is 10.5. The minimum Gasteiger partial charge on any atom is -0.207 e. The summed E-state index contributed by atoms with van der Waals surface area (Å²) in [5, 5.41) is 0. The third-order valence-corrected chi connectivity index (χ3v) is 6.87. The molecule has 0 saturated heterocycles. The average Bonchev–Trinajstić information content (AvgIpc) is 2.63. The fourth-order valence-corrected chi connectivity index (χ4v) is 5.32. The average molecular weight is 331 g/mol. The molecule has 2 aliphatic rings. The smallest absolute Gasteiger partial charge is 0.123 e. The van der Waals surface area contributed by atoms with E-state index < -0.39 is 0 Å². The van der Waals surface area contributed by atoms with E-state index in [9.17, 15) is 4.39 Å². The molecule has 0 aliphatic heterocycles. The summed E-state index contributed by atoms with van der Waals surface area (Å²) in [7, 11) is 0. The van der Waals surface area contributed by atoms with Crippen molar-refractivity contribution in [1.29, 1.82) is 0 Å². The lowest BCUT2D eigenvalue weighted by atomic mass is 9.68. The predicted molar refractivity (Wildman–Crippen MR) is 101 cm³/mol. The molecule has 3 rings (SSSR count). The number of halogens is 1.